The zero-order valence-corrected chi connectivity index (χ0v) is 11.9. The van der Waals surface area contributed by atoms with E-state index in [1.807, 2.05) is 0 Å². The zero-order valence-electron chi connectivity index (χ0n) is 11.9. The first-order valence-corrected chi connectivity index (χ1v) is 7.12. The van der Waals surface area contributed by atoms with Gasteiger partial charge in [-0.3, -0.25) is 0 Å². The third-order valence-electron chi connectivity index (χ3n) is 4.26. The Morgan fingerprint density at radius 2 is 1.95 bits per heavy atom. The van der Waals surface area contributed by atoms with Crippen molar-refractivity contribution in [2.45, 2.75) is 13.0 Å². The van der Waals surface area contributed by atoms with Crippen LogP contribution in [0.25, 0.3) is 0 Å². The van der Waals surface area contributed by atoms with E-state index in [-0.39, 0.29) is 0 Å². The van der Waals surface area contributed by atoms with Crippen molar-refractivity contribution in [2.75, 3.05) is 51.8 Å². The van der Waals surface area contributed by atoms with Crippen molar-refractivity contribution in [1.82, 2.24) is 10.2 Å². The standard InChI is InChI=1S/C15H23N3O/c1-17-7-9-18(10-8-17)15-13-11-16-6-5-12(13)3-4-14(15)19-2/h3-4,16H,5-11H2,1-2H3. The number of benzene rings is 1. The maximum atomic E-state index is 5.61. The average Bonchev–Trinajstić information content (AvgIpc) is 2.47. The van der Waals surface area contributed by atoms with Crippen LogP contribution in [0, 0.1) is 0 Å². The van der Waals surface area contributed by atoms with Crippen molar-refractivity contribution in [3.8, 4) is 5.75 Å². The number of ether oxygens (including phenoxy) is 1. The van der Waals surface area contributed by atoms with Crippen molar-refractivity contribution in [3.05, 3.63) is 23.3 Å². The number of likely N-dealkylation sites (N-methyl/N-ethyl adjacent to an activating group) is 1. The number of rotatable bonds is 2. The monoisotopic (exact) mass is 261 g/mol. The van der Waals surface area contributed by atoms with E-state index in [0.29, 0.717) is 0 Å². The number of fused-ring (bicyclic) bond motifs is 1. The minimum atomic E-state index is 0.966. The highest BCUT2D eigenvalue weighted by Crippen LogP contribution is 2.36. The van der Waals surface area contributed by atoms with Gasteiger partial charge in [-0.1, -0.05) is 6.07 Å². The molecule has 1 fully saturated rings. The van der Waals surface area contributed by atoms with Crippen molar-refractivity contribution in [2.24, 2.45) is 0 Å². The average molecular weight is 261 g/mol. The summed E-state index contributed by atoms with van der Waals surface area (Å²) in [5.74, 6) is 1.02. The van der Waals surface area contributed by atoms with Gasteiger partial charge in [0.25, 0.3) is 0 Å². The molecule has 0 saturated carbocycles. The molecule has 0 aliphatic carbocycles. The van der Waals surface area contributed by atoms with Gasteiger partial charge in [-0.05, 0) is 37.2 Å². The number of nitrogens with zero attached hydrogens (tertiary/aromatic N) is 2. The summed E-state index contributed by atoms with van der Waals surface area (Å²) in [5, 5.41) is 3.49. The molecule has 4 heteroatoms. The highest BCUT2D eigenvalue weighted by molar-refractivity contribution is 5.67. The van der Waals surface area contributed by atoms with Gasteiger partial charge in [0.15, 0.2) is 0 Å². The SMILES string of the molecule is COc1ccc2c(c1N1CCN(C)CC1)CNCC2. The number of anilines is 1. The molecule has 2 aliphatic heterocycles. The molecule has 2 aliphatic rings. The van der Waals surface area contributed by atoms with Gasteiger partial charge >= 0.3 is 0 Å². The Labute approximate surface area is 115 Å². The fourth-order valence-corrected chi connectivity index (χ4v) is 3.07. The molecular weight excluding hydrogens is 238 g/mol. The van der Waals surface area contributed by atoms with Crippen LogP contribution in [-0.4, -0.2) is 51.8 Å². The molecule has 0 spiro atoms. The van der Waals surface area contributed by atoms with Crippen LogP contribution in [0.4, 0.5) is 5.69 Å². The van der Waals surface area contributed by atoms with Crippen molar-refractivity contribution >= 4 is 5.69 Å². The van der Waals surface area contributed by atoms with Gasteiger partial charge in [0, 0.05) is 32.7 Å². The second-order valence-corrected chi connectivity index (χ2v) is 5.47. The highest BCUT2D eigenvalue weighted by Gasteiger charge is 2.23. The van der Waals surface area contributed by atoms with Crippen LogP contribution in [0.3, 0.4) is 0 Å². The Hall–Kier alpha value is -1.26. The first kappa shape index (κ1) is 12.8. The molecule has 3 rings (SSSR count). The van der Waals surface area contributed by atoms with Crippen molar-refractivity contribution in [3.63, 3.8) is 0 Å². The molecule has 1 aromatic carbocycles. The maximum absolute atomic E-state index is 5.61. The van der Waals surface area contributed by atoms with E-state index in [2.05, 4.69) is 34.3 Å². The number of piperazine rings is 1. The Morgan fingerprint density at radius 1 is 1.16 bits per heavy atom. The van der Waals surface area contributed by atoms with E-state index >= 15 is 0 Å². The molecule has 0 amide bonds. The normalized spacial score (nSPS) is 20.2. The van der Waals surface area contributed by atoms with Crippen LogP contribution in [-0.2, 0) is 13.0 Å². The summed E-state index contributed by atoms with van der Waals surface area (Å²) in [5.41, 5.74) is 4.24. The Balaban J connectivity index is 1.97. The largest absolute Gasteiger partial charge is 0.495 e. The van der Waals surface area contributed by atoms with E-state index in [1.54, 1.807) is 7.11 Å². The first-order valence-electron chi connectivity index (χ1n) is 7.12. The third-order valence-corrected chi connectivity index (χ3v) is 4.26. The number of hydrogen-bond donors (Lipinski definition) is 1. The van der Waals surface area contributed by atoms with Crippen LogP contribution in [0.5, 0.6) is 5.75 Å². The minimum absolute atomic E-state index is 0.966. The summed E-state index contributed by atoms with van der Waals surface area (Å²) in [7, 11) is 3.97. The molecular formula is C15H23N3O. The van der Waals surface area contributed by atoms with Crippen LogP contribution in [0.2, 0.25) is 0 Å². The lowest BCUT2D eigenvalue weighted by Gasteiger charge is -2.37. The summed E-state index contributed by atoms with van der Waals surface area (Å²) in [6.07, 6.45) is 1.13. The van der Waals surface area contributed by atoms with Crippen molar-refractivity contribution in [1.29, 1.82) is 0 Å². The van der Waals surface area contributed by atoms with E-state index in [9.17, 15) is 0 Å². The van der Waals surface area contributed by atoms with Gasteiger partial charge in [-0.2, -0.15) is 0 Å². The summed E-state index contributed by atoms with van der Waals surface area (Å²) in [6, 6.07) is 4.37. The van der Waals surface area contributed by atoms with E-state index in [1.165, 1.54) is 16.8 Å². The molecule has 1 aromatic rings. The van der Waals surface area contributed by atoms with Crippen LogP contribution >= 0.6 is 0 Å². The lowest BCUT2D eigenvalue weighted by Crippen LogP contribution is -2.45. The number of nitrogens with one attached hydrogen (secondary N) is 1. The molecule has 2 heterocycles. The second kappa shape index (κ2) is 5.39. The second-order valence-electron chi connectivity index (χ2n) is 5.47. The van der Waals surface area contributed by atoms with Crippen molar-refractivity contribution < 1.29 is 4.74 Å². The topological polar surface area (TPSA) is 27.7 Å². The molecule has 0 unspecified atom stereocenters. The summed E-state index contributed by atoms with van der Waals surface area (Å²) in [4.78, 5) is 4.88. The summed E-state index contributed by atoms with van der Waals surface area (Å²) < 4.78 is 5.61. The first-order chi connectivity index (χ1) is 9.29. The van der Waals surface area contributed by atoms with Crippen LogP contribution in [0.1, 0.15) is 11.1 Å². The number of hydrogen-bond acceptors (Lipinski definition) is 4. The minimum Gasteiger partial charge on any atom is -0.495 e. The van der Waals surface area contributed by atoms with Gasteiger partial charge in [0.1, 0.15) is 5.75 Å². The molecule has 0 bridgehead atoms. The molecule has 0 aromatic heterocycles. The predicted octanol–water partition coefficient (Wildman–Crippen LogP) is 1.09. The molecule has 1 N–H and O–H groups in total. The predicted molar refractivity (Wildman–Crippen MR) is 78.1 cm³/mol. The lowest BCUT2D eigenvalue weighted by atomic mass is 9.97. The van der Waals surface area contributed by atoms with Gasteiger partial charge in [0.05, 0.1) is 12.8 Å². The van der Waals surface area contributed by atoms with E-state index < -0.39 is 0 Å². The number of methoxy groups -OCH3 is 1. The van der Waals surface area contributed by atoms with E-state index in [0.717, 1.165) is 51.4 Å². The molecule has 0 atom stereocenters. The molecule has 104 valence electrons. The summed E-state index contributed by atoms with van der Waals surface area (Å²) >= 11 is 0. The molecule has 4 nitrogen and oxygen atoms in total. The van der Waals surface area contributed by atoms with Gasteiger partial charge < -0.3 is 19.9 Å². The van der Waals surface area contributed by atoms with Gasteiger partial charge in [-0.15, -0.1) is 0 Å². The molecule has 19 heavy (non-hydrogen) atoms. The van der Waals surface area contributed by atoms with Gasteiger partial charge in [0.2, 0.25) is 0 Å². The zero-order chi connectivity index (χ0) is 13.2. The Morgan fingerprint density at radius 3 is 2.68 bits per heavy atom. The lowest BCUT2D eigenvalue weighted by molar-refractivity contribution is 0.310. The fraction of sp³-hybridized carbons (Fsp3) is 0.600. The Bertz CT molecular complexity index is 453. The van der Waals surface area contributed by atoms with Gasteiger partial charge in [-0.25, -0.2) is 0 Å². The van der Waals surface area contributed by atoms with E-state index in [4.69, 9.17) is 4.74 Å². The van der Waals surface area contributed by atoms with Crippen LogP contribution in [0.15, 0.2) is 12.1 Å². The molecule has 1 saturated heterocycles. The Kier molecular flexibility index (Phi) is 3.62. The smallest absolute Gasteiger partial charge is 0.142 e. The van der Waals surface area contributed by atoms with Crippen LogP contribution < -0.4 is 15.0 Å². The quantitative estimate of drug-likeness (QED) is 0.862. The highest BCUT2D eigenvalue weighted by atomic mass is 16.5. The maximum Gasteiger partial charge on any atom is 0.142 e. The summed E-state index contributed by atoms with van der Waals surface area (Å²) in [6.45, 7) is 6.48. The molecule has 0 radical (unpaired) electrons. The fourth-order valence-electron chi connectivity index (χ4n) is 3.07. The third kappa shape index (κ3) is 2.42.